The Labute approximate surface area is 74.5 Å². The predicted octanol–water partition coefficient (Wildman–Crippen LogP) is 2.65. The lowest BCUT2D eigenvalue weighted by atomic mass is 9.73. The summed E-state index contributed by atoms with van der Waals surface area (Å²) in [4.78, 5) is 0. The minimum absolute atomic E-state index is 0.488. The largest absolute Gasteiger partial charge is 0.386 e. The molecular formula is C11H18O. The number of hydrogen-bond acceptors (Lipinski definition) is 1. The molecule has 1 unspecified atom stereocenters. The van der Waals surface area contributed by atoms with Gasteiger partial charge in [0, 0.05) is 0 Å². The molecule has 0 heterocycles. The van der Waals surface area contributed by atoms with Crippen molar-refractivity contribution in [1.82, 2.24) is 0 Å². The first kappa shape index (κ1) is 8.31. The molecule has 12 heavy (non-hydrogen) atoms. The van der Waals surface area contributed by atoms with Crippen LogP contribution in [0.25, 0.3) is 0 Å². The third kappa shape index (κ3) is 1.42. The molecule has 1 fully saturated rings. The molecule has 1 atom stereocenters. The molecule has 0 aromatic carbocycles. The Balaban J connectivity index is 2.13. The smallest absolute Gasteiger partial charge is 0.0800 e. The van der Waals surface area contributed by atoms with Crippen LogP contribution in [-0.2, 0) is 0 Å². The summed E-state index contributed by atoms with van der Waals surface area (Å²) in [6.45, 7) is 1.91. The Morgan fingerprint density at radius 1 is 1.00 bits per heavy atom. The molecule has 68 valence electrons. The Morgan fingerprint density at radius 2 is 1.67 bits per heavy atom. The fourth-order valence-corrected chi connectivity index (χ4v) is 2.52. The first-order chi connectivity index (χ1) is 5.62. The van der Waals surface area contributed by atoms with Crippen LogP contribution in [-0.4, -0.2) is 10.7 Å². The van der Waals surface area contributed by atoms with Gasteiger partial charge < -0.3 is 5.11 Å². The molecule has 1 N–H and O–H groups in total. The second-order valence-electron chi connectivity index (χ2n) is 4.76. The van der Waals surface area contributed by atoms with Crippen LogP contribution in [0.2, 0.25) is 0 Å². The van der Waals surface area contributed by atoms with Gasteiger partial charge in [-0.15, -0.1) is 0 Å². The highest BCUT2D eigenvalue weighted by atomic mass is 16.3. The van der Waals surface area contributed by atoms with Gasteiger partial charge in [0.15, 0.2) is 0 Å². The Morgan fingerprint density at radius 3 is 2.17 bits per heavy atom. The second-order valence-corrected chi connectivity index (χ2v) is 4.76. The normalized spacial score (nSPS) is 39.2. The van der Waals surface area contributed by atoms with Crippen molar-refractivity contribution in [3.8, 4) is 0 Å². The molecule has 0 radical (unpaired) electrons. The maximum atomic E-state index is 9.73. The number of rotatable bonds is 0. The zero-order valence-corrected chi connectivity index (χ0v) is 7.84. The van der Waals surface area contributed by atoms with E-state index in [0.717, 1.165) is 6.42 Å². The van der Waals surface area contributed by atoms with Gasteiger partial charge in [-0.2, -0.15) is 0 Å². The molecule has 0 amide bonds. The van der Waals surface area contributed by atoms with Gasteiger partial charge in [-0.3, -0.25) is 0 Å². The molecule has 0 aliphatic heterocycles. The van der Waals surface area contributed by atoms with Crippen LogP contribution < -0.4 is 0 Å². The van der Waals surface area contributed by atoms with E-state index in [4.69, 9.17) is 0 Å². The molecule has 2 aliphatic rings. The summed E-state index contributed by atoms with van der Waals surface area (Å²) >= 11 is 0. The average molecular weight is 166 g/mol. The Bertz CT molecular complexity index is 197. The topological polar surface area (TPSA) is 20.2 Å². The summed E-state index contributed by atoms with van der Waals surface area (Å²) < 4.78 is 0. The predicted molar refractivity (Wildman–Crippen MR) is 49.9 cm³/mol. The van der Waals surface area contributed by atoms with Gasteiger partial charge in [-0.1, -0.05) is 25.0 Å². The van der Waals surface area contributed by atoms with Crippen LogP contribution >= 0.6 is 0 Å². The van der Waals surface area contributed by atoms with Crippen LogP contribution in [0.5, 0.6) is 0 Å². The molecule has 0 aromatic rings. The molecule has 2 rings (SSSR count). The molecular weight excluding hydrogens is 148 g/mol. The molecule has 1 saturated carbocycles. The maximum Gasteiger partial charge on any atom is 0.0800 e. The molecule has 1 heteroatoms. The molecule has 0 saturated heterocycles. The maximum absolute atomic E-state index is 9.73. The van der Waals surface area contributed by atoms with Crippen molar-refractivity contribution in [2.24, 2.45) is 5.41 Å². The summed E-state index contributed by atoms with van der Waals surface area (Å²) in [7, 11) is 0. The lowest BCUT2D eigenvalue weighted by Crippen LogP contribution is -2.30. The zero-order chi connectivity index (χ0) is 8.66. The summed E-state index contributed by atoms with van der Waals surface area (Å²) in [6.07, 6.45) is 11.9. The van der Waals surface area contributed by atoms with Crippen LogP contribution in [0, 0.1) is 5.41 Å². The van der Waals surface area contributed by atoms with Gasteiger partial charge in [0.05, 0.1) is 5.60 Å². The fourth-order valence-electron chi connectivity index (χ4n) is 2.52. The fraction of sp³-hybridized carbons (Fsp3) is 0.818. The summed E-state index contributed by atoms with van der Waals surface area (Å²) in [5.41, 5.74) is -0.0317. The van der Waals surface area contributed by atoms with Gasteiger partial charge in [0.2, 0.25) is 0 Å². The first-order valence-electron chi connectivity index (χ1n) is 5.05. The van der Waals surface area contributed by atoms with E-state index >= 15 is 0 Å². The minimum atomic E-state index is -0.520. The van der Waals surface area contributed by atoms with E-state index in [1.165, 1.54) is 32.1 Å². The van der Waals surface area contributed by atoms with Crippen LogP contribution in [0.15, 0.2) is 12.2 Å². The minimum Gasteiger partial charge on any atom is -0.386 e. The Hall–Kier alpha value is -0.300. The van der Waals surface area contributed by atoms with Crippen molar-refractivity contribution in [2.45, 2.75) is 51.0 Å². The molecule has 2 aliphatic carbocycles. The zero-order valence-electron chi connectivity index (χ0n) is 7.84. The van der Waals surface area contributed by atoms with Gasteiger partial charge >= 0.3 is 0 Å². The van der Waals surface area contributed by atoms with E-state index in [9.17, 15) is 5.11 Å². The third-order valence-corrected chi connectivity index (χ3v) is 3.52. The van der Waals surface area contributed by atoms with Gasteiger partial charge in [0.25, 0.3) is 0 Å². The number of allylic oxidation sites excluding steroid dienone is 1. The standard InChI is InChI=1S/C11H18O/c1-10(12)6-8-11(9-7-10)4-2-3-5-11/h6,8,12H,2-5,7,9H2,1H3. The van der Waals surface area contributed by atoms with Crippen LogP contribution in [0.4, 0.5) is 0 Å². The lowest BCUT2D eigenvalue weighted by Gasteiger charge is -2.34. The average Bonchev–Trinajstić information content (AvgIpc) is 2.46. The van der Waals surface area contributed by atoms with Crippen molar-refractivity contribution in [1.29, 1.82) is 0 Å². The quantitative estimate of drug-likeness (QED) is 0.548. The van der Waals surface area contributed by atoms with E-state index in [1.807, 2.05) is 13.0 Å². The van der Waals surface area contributed by atoms with Crippen molar-refractivity contribution < 1.29 is 5.11 Å². The van der Waals surface area contributed by atoms with E-state index in [1.54, 1.807) is 0 Å². The van der Waals surface area contributed by atoms with E-state index in [0.29, 0.717) is 5.41 Å². The summed E-state index contributed by atoms with van der Waals surface area (Å²) in [5, 5.41) is 9.73. The Kier molecular flexibility index (Phi) is 1.80. The summed E-state index contributed by atoms with van der Waals surface area (Å²) in [5.74, 6) is 0. The van der Waals surface area contributed by atoms with Gasteiger partial charge in [-0.05, 0) is 38.0 Å². The highest BCUT2D eigenvalue weighted by molar-refractivity contribution is 5.13. The highest BCUT2D eigenvalue weighted by Gasteiger charge is 2.36. The van der Waals surface area contributed by atoms with Crippen molar-refractivity contribution in [3.63, 3.8) is 0 Å². The van der Waals surface area contributed by atoms with Crippen LogP contribution in [0.1, 0.15) is 45.4 Å². The summed E-state index contributed by atoms with van der Waals surface area (Å²) in [6, 6.07) is 0. The van der Waals surface area contributed by atoms with Crippen molar-refractivity contribution in [3.05, 3.63) is 12.2 Å². The number of aliphatic hydroxyl groups is 1. The molecule has 0 bridgehead atoms. The van der Waals surface area contributed by atoms with Crippen molar-refractivity contribution in [2.75, 3.05) is 0 Å². The highest BCUT2D eigenvalue weighted by Crippen LogP contribution is 2.47. The van der Waals surface area contributed by atoms with E-state index in [2.05, 4.69) is 6.08 Å². The molecule has 1 nitrogen and oxygen atoms in total. The van der Waals surface area contributed by atoms with Gasteiger partial charge in [-0.25, -0.2) is 0 Å². The van der Waals surface area contributed by atoms with Crippen molar-refractivity contribution >= 4 is 0 Å². The third-order valence-electron chi connectivity index (χ3n) is 3.52. The second kappa shape index (κ2) is 2.59. The monoisotopic (exact) mass is 166 g/mol. The van der Waals surface area contributed by atoms with E-state index in [-0.39, 0.29) is 0 Å². The lowest BCUT2D eigenvalue weighted by molar-refractivity contribution is 0.0747. The molecule has 1 spiro atoms. The van der Waals surface area contributed by atoms with Crippen LogP contribution in [0.3, 0.4) is 0 Å². The molecule has 0 aromatic heterocycles. The first-order valence-corrected chi connectivity index (χ1v) is 5.05. The SMILES string of the molecule is CC1(O)C=CC2(CCCC2)CC1. The van der Waals surface area contributed by atoms with Gasteiger partial charge in [0.1, 0.15) is 0 Å². The van der Waals surface area contributed by atoms with E-state index < -0.39 is 5.60 Å². The number of hydrogen-bond donors (Lipinski definition) is 1.